The van der Waals surface area contributed by atoms with Crippen LogP contribution in [-0.4, -0.2) is 24.4 Å². The van der Waals surface area contributed by atoms with E-state index in [1.807, 2.05) is 36.4 Å². The van der Waals surface area contributed by atoms with E-state index < -0.39 is 0 Å². The molecule has 0 saturated carbocycles. The van der Waals surface area contributed by atoms with Crippen molar-refractivity contribution < 1.29 is 14.6 Å². The number of para-hydroxylation sites is 1. The Labute approximate surface area is 141 Å². The van der Waals surface area contributed by atoms with Crippen molar-refractivity contribution in [1.29, 1.82) is 0 Å². The van der Waals surface area contributed by atoms with Crippen LogP contribution in [0.3, 0.4) is 0 Å². The highest BCUT2D eigenvalue weighted by Gasteiger charge is 2.23. The van der Waals surface area contributed by atoms with Gasteiger partial charge in [0.2, 0.25) is 0 Å². The van der Waals surface area contributed by atoms with Gasteiger partial charge in [-0.25, -0.2) is 4.79 Å². The van der Waals surface area contributed by atoms with Gasteiger partial charge in [0.15, 0.2) is 0 Å². The molecule has 3 N–H and O–H groups in total. The molecule has 1 atom stereocenters. The number of hydrogen-bond donors (Lipinski definition) is 3. The summed E-state index contributed by atoms with van der Waals surface area (Å²) in [5, 5.41) is 14.8. The summed E-state index contributed by atoms with van der Waals surface area (Å²) in [6, 6.07) is 15.6. The lowest BCUT2D eigenvalue weighted by Crippen LogP contribution is -2.37. The molecule has 0 fully saturated rings. The van der Waals surface area contributed by atoms with Crippen molar-refractivity contribution in [2.45, 2.75) is 25.4 Å². The van der Waals surface area contributed by atoms with E-state index in [2.05, 4.69) is 22.8 Å². The van der Waals surface area contributed by atoms with E-state index in [-0.39, 0.29) is 25.3 Å². The summed E-state index contributed by atoms with van der Waals surface area (Å²) < 4.78 is 5.48. The summed E-state index contributed by atoms with van der Waals surface area (Å²) in [6.07, 6.45) is 1.93. The van der Waals surface area contributed by atoms with Crippen LogP contribution in [0, 0.1) is 0 Å². The van der Waals surface area contributed by atoms with E-state index >= 15 is 0 Å². The van der Waals surface area contributed by atoms with Crippen molar-refractivity contribution in [3.05, 3.63) is 65.2 Å². The Morgan fingerprint density at radius 2 is 1.96 bits per heavy atom. The zero-order valence-corrected chi connectivity index (χ0v) is 13.5. The number of aliphatic hydroxyl groups is 1. The number of hydrogen-bond acceptors (Lipinski definition) is 3. The van der Waals surface area contributed by atoms with Crippen LogP contribution in [0.5, 0.6) is 5.75 Å². The van der Waals surface area contributed by atoms with Crippen LogP contribution in [0.25, 0.3) is 0 Å². The van der Waals surface area contributed by atoms with Crippen molar-refractivity contribution in [2.24, 2.45) is 0 Å². The highest BCUT2D eigenvalue weighted by molar-refractivity contribution is 5.74. The van der Waals surface area contributed by atoms with Crippen LogP contribution in [0.2, 0.25) is 0 Å². The van der Waals surface area contributed by atoms with Gasteiger partial charge in [-0.1, -0.05) is 42.5 Å². The Bertz CT molecular complexity index is 703. The van der Waals surface area contributed by atoms with Gasteiger partial charge in [-0.05, 0) is 30.0 Å². The molecule has 5 nitrogen and oxygen atoms in total. The van der Waals surface area contributed by atoms with Gasteiger partial charge >= 0.3 is 6.03 Å². The first kappa shape index (κ1) is 16.3. The molecule has 0 spiro atoms. The van der Waals surface area contributed by atoms with Crippen molar-refractivity contribution in [2.75, 3.05) is 13.2 Å². The second-order valence-electron chi connectivity index (χ2n) is 5.80. The predicted octanol–water partition coefficient (Wildman–Crippen LogP) is 2.54. The first-order valence-corrected chi connectivity index (χ1v) is 8.21. The third kappa shape index (κ3) is 3.86. The van der Waals surface area contributed by atoms with Crippen molar-refractivity contribution >= 4 is 6.03 Å². The minimum Gasteiger partial charge on any atom is -0.491 e. The molecule has 0 aliphatic heterocycles. The van der Waals surface area contributed by atoms with Crippen LogP contribution < -0.4 is 15.4 Å². The second-order valence-corrected chi connectivity index (χ2v) is 5.80. The molecule has 2 amide bonds. The van der Waals surface area contributed by atoms with Gasteiger partial charge in [0.1, 0.15) is 12.4 Å². The van der Waals surface area contributed by atoms with Gasteiger partial charge in [-0.3, -0.25) is 0 Å². The lowest BCUT2D eigenvalue weighted by Gasteiger charge is -2.16. The predicted molar refractivity (Wildman–Crippen MR) is 91.9 cm³/mol. The average molecular weight is 326 g/mol. The first-order valence-electron chi connectivity index (χ1n) is 8.21. The average Bonchev–Trinajstić information content (AvgIpc) is 3.02. The fourth-order valence-corrected chi connectivity index (χ4v) is 3.04. The minimum absolute atomic E-state index is 0.0384. The maximum Gasteiger partial charge on any atom is 0.315 e. The van der Waals surface area contributed by atoms with Crippen molar-refractivity contribution in [3.8, 4) is 5.75 Å². The molecule has 3 rings (SSSR count). The topological polar surface area (TPSA) is 70.6 Å². The fraction of sp³-hybridized carbons (Fsp3) is 0.316. The molecule has 0 bridgehead atoms. The van der Waals surface area contributed by atoms with Crippen LogP contribution in [0.1, 0.15) is 29.2 Å². The fourth-order valence-electron chi connectivity index (χ4n) is 3.04. The molecule has 0 heterocycles. The third-order valence-electron chi connectivity index (χ3n) is 4.20. The van der Waals surface area contributed by atoms with Gasteiger partial charge in [0.25, 0.3) is 0 Å². The van der Waals surface area contributed by atoms with E-state index in [9.17, 15) is 4.79 Å². The van der Waals surface area contributed by atoms with Crippen LogP contribution >= 0.6 is 0 Å². The zero-order valence-electron chi connectivity index (χ0n) is 13.5. The largest absolute Gasteiger partial charge is 0.491 e. The lowest BCUT2D eigenvalue weighted by atomic mass is 10.1. The molecule has 126 valence electrons. The number of fused-ring (bicyclic) bond motifs is 1. The molecule has 0 aromatic heterocycles. The smallest absolute Gasteiger partial charge is 0.315 e. The molecule has 1 aliphatic carbocycles. The lowest BCUT2D eigenvalue weighted by molar-refractivity contribution is 0.200. The number of carbonyl (C=O) groups is 1. The van der Waals surface area contributed by atoms with E-state index in [0.29, 0.717) is 12.3 Å². The molecule has 1 aliphatic rings. The molecular formula is C19H22N2O3. The normalized spacial score (nSPS) is 15.6. The van der Waals surface area contributed by atoms with Gasteiger partial charge in [0, 0.05) is 12.1 Å². The van der Waals surface area contributed by atoms with Crippen LogP contribution in [0.4, 0.5) is 4.79 Å². The first-order chi connectivity index (χ1) is 11.8. The molecule has 2 aromatic rings. The molecule has 0 saturated heterocycles. The zero-order chi connectivity index (χ0) is 16.8. The van der Waals surface area contributed by atoms with Crippen LogP contribution in [-0.2, 0) is 13.0 Å². The molecule has 5 heteroatoms. The summed E-state index contributed by atoms with van der Waals surface area (Å²) in [5.74, 6) is 0.679. The van der Waals surface area contributed by atoms with Crippen molar-refractivity contribution in [3.63, 3.8) is 0 Å². The minimum atomic E-state index is -0.186. The molecule has 2 aromatic carbocycles. The Morgan fingerprint density at radius 1 is 1.17 bits per heavy atom. The maximum atomic E-state index is 12.2. The summed E-state index contributed by atoms with van der Waals surface area (Å²) in [4.78, 5) is 12.2. The highest BCUT2D eigenvalue weighted by atomic mass is 16.5. The number of aryl methyl sites for hydroxylation is 1. The van der Waals surface area contributed by atoms with E-state index in [1.54, 1.807) is 0 Å². The quantitative estimate of drug-likeness (QED) is 0.764. The number of amides is 2. The highest BCUT2D eigenvalue weighted by Crippen LogP contribution is 2.30. The Morgan fingerprint density at radius 3 is 2.83 bits per heavy atom. The maximum absolute atomic E-state index is 12.2. The number of nitrogens with one attached hydrogen (secondary N) is 2. The van der Waals surface area contributed by atoms with Gasteiger partial charge < -0.3 is 20.5 Å². The number of aliphatic hydroxyl groups excluding tert-OH is 1. The number of ether oxygens (including phenoxy) is 1. The monoisotopic (exact) mass is 326 g/mol. The second kappa shape index (κ2) is 7.84. The summed E-state index contributed by atoms with van der Waals surface area (Å²) in [5.41, 5.74) is 3.40. The van der Waals surface area contributed by atoms with E-state index in [0.717, 1.165) is 18.4 Å². The summed E-state index contributed by atoms with van der Waals surface area (Å²) in [6.45, 7) is 0.577. The molecule has 24 heavy (non-hydrogen) atoms. The molecule has 0 radical (unpaired) electrons. The SMILES string of the molecule is O=C(NCc1ccccc1OCCO)NC1CCc2ccccc21. The number of benzene rings is 2. The van der Waals surface area contributed by atoms with E-state index in [4.69, 9.17) is 9.84 Å². The summed E-state index contributed by atoms with van der Waals surface area (Å²) >= 11 is 0. The Balaban J connectivity index is 1.55. The Kier molecular flexibility index (Phi) is 5.33. The summed E-state index contributed by atoms with van der Waals surface area (Å²) in [7, 11) is 0. The molecular weight excluding hydrogens is 304 g/mol. The van der Waals surface area contributed by atoms with Gasteiger partial charge in [-0.2, -0.15) is 0 Å². The number of rotatable bonds is 6. The van der Waals surface area contributed by atoms with E-state index in [1.165, 1.54) is 11.1 Å². The Hall–Kier alpha value is -2.53. The standard InChI is InChI=1S/C19H22N2O3/c22-11-12-24-18-8-4-2-6-15(18)13-20-19(23)21-17-10-9-14-5-1-3-7-16(14)17/h1-8,17,22H,9-13H2,(H2,20,21,23). The number of carbonyl (C=O) groups excluding carboxylic acids is 1. The number of urea groups is 1. The van der Waals surface area contributed by atoms with Gasteiger partial charge in [-0.15, -0.1) is 0 Å². The van der Waals surface area contributed by atoms with Crippen LogP contribution in [0.15, 0.2) is 48.5 Å². The van der Waals surface area contributed by atoms with Gasteiger partial charge in [0.05, 0.1) is 12.6 Å². The third-order valence-corrected chi connectivity index (χ3v) is 4.20. The van der Waals surface area contributed by atoms with Crippen molar-refractivity contribution in [1.82, 2.24) is 10.6 Å². The molecule has 1 unspecified atom stereocenters.